The maximum atomic E-state index is 12.2. The van der Waals surface area contributed by atoms with Crippen molar-refractivity contribution >= 4 is 11.6 Å². The number of pyridine rings is 1. The molecule has 4 nitrogen and oxygen atoms in total. The summed E-state index contributed by atoms with van der Waals surface area (Å²) in [5.41, 5.74) is 8.44. The third kappa shape index (κ3) is 4.67. The van der Waals surface area contributed by atoms with Crippen LogP contribution in [0.25, 0.3) is 0 Å². The second kappa shape index (κ2) is 7.18. The summed E-state index contributed by atoms with van der Waals surface area (Å²) in [4.78, 5) is 16.1. The summed E-state index contributed by atoms with van der Waals surface area (Å²) in [6.45, 7) is 5.12. The number of nitrogens with two attached hydrogens (primary N) is 1. The number of aromatic nitrogens is 1. The average molecular weight is 297 g/mol. The molecule has 2 rings (SSSR count). The molecule has 4 heteroatoms. The Hall–Kier alpha value is -2.20. The van der Waals surface area contributed by atoms with Gasteiger partial charge in [-0.3, -0.25) is 9.78 Å². The number of rotatable bonds is 6. The van der Waals surface area contributed by atoms with Gasteiger partial charge in [0, 0.05) is 23.6 Å². The van der Waals surface area contributed by atoms with Crippen molar-refractivity contribution in [3.63, 3.8) is 0 Å². The second-order valence-corrected chi connectivity index (χ2v) is 6.27. The molecule has 0 bridgehead atoms. The smallest absolute Gasteiger partial charge is 0.255 e. The molecule has 0 aliphatic carbocycles. The SMILES string of the molecule is CC(C)(CCN)Cc1ccc(C(=O)Nc2ccncc2)cc1. The van der Waals surface area contributed by atoms with E-state index < -0.39 is 0 Å². The van der Waals surface area contributed by atoms with E-state index in [1.165, 1.54) is 5.56 Å². The Morgan fingerprint density at radius 3 is 2.36 bits per heavy atom. The van der Waals surface area contributed by atoms with E-state index in [0.29, 0.717) is 12.1 Å². The van der Waals surface area contributed by atoms with Crippen LogP contribution in [0, 0.1) is 5.41 Å². The number of anilines is 1. The Morgan fingerprint density at radius 2 is 1.77 bits per heavy atom. The summed E-state index contributed by atoms with van der Waals surface area (Å²) < 4.78 is 0. The molecule has 0 spiro atoms. The van der Waals surface area contributed by atoms with Crippen LogP contribution in [0.1, 0.15) is 36.2 Å². The molecule has 1 heterocycles. The van der Waals surface area contributed by atoms with Crippen LogP contribution in [0.2, 0.25) is 0 Å². The lowest BCUT2D eigenvalue weighted by atomic mass is 9.82. The third-order valence-electron chi connectivity index (χ3n) is 3.66. The van der Waals surface area contributed by atoms with Crippen LogP contribution in [0.4, 0.5) is 5.69 Å². The largest absolute Gasteiger partial charge is 0.330 e. The summed E-state index contributed by atoms with van der Waals surface area (Å²) in [6, 6.07) is 11.3. The minimum Gasteiger partial charge on any atom is -0.330 e. The van der Waals surface area contributed by atoms with Crippen LogP contribution in [0.5, 0.6) is 0 Å². The zero-order valence-electron chi connectivity index (χ0n) is 13.2. The van der Waals surface area contributed by atoms with Crippen molar-refractivity contribution in [3.8, 4) is 0 Å². The van der Waals surface area contributed by atoms with Crippen LogP contribution in [0.3, 0.4) is 0 Å². The van der Waals surface area contributed by atoms with Crippen LogP contribution < -0.4 is 11.1 Å². The number of benzene rings is 1. The average Bonchev–Trinajstić information content (AvgIpc) is 2.48. The quantitative estimate of drug-likeness (QED) is 0.860. The molecule has 0 unspecified atom stereocenters. The van der Waals surface area contributed by atoms with Gasteiger partial charge in [0.1, 0.15) is 0 Å². The molecule has 1 aromatic carbocycles. The van der Waals surface area contributed by atoms with Crippen molar-refractivity contribution in [2.45, 2.75) is 26.7 Å². The maximum absolute atomic E-state index is 12.2. The monoisotopic (exact) mass is 297 g/mol. The summed E-state index contributed by atoms with van der Waals surface area (Å²) in [6.07, 6.45) is 5.24. The van der Waals surface area contributed by atoms with Gasteiger partial charge in [-0.15, -0.1) is 0 Å². The molecule has 0 saturated heterocycles. The zero-order chi connectivity index (χ0) is 16.0. The highest BCUT2D eigenvalue weighted by atomic mass is 16.1. The zero-order valence-corrected chi connectivity index (χ0v) is 13.2. The molecule has 0 radical (unpaired) electrons. The van der Waals surface area contributed by atoms with Gasteiger partial charge < -0.3 is 11.1 Å². The molecule has 0 aliphatic rings. The second-order valence-electron chi connectivity index (χ2n) is 6.27. The lowest BCUT2D eigenvalue weighted by molar-refractivity contribution is 0.102. The fourth-order valence-electron chi connectivity index (χ4n) is 2.44. The van der Waals surface area contributed by atoms with Gasteiger partial charge in [0.15, 0.2) is 0 Å². The molecule has 3 N–H and O–H groups in total. The van der Waals surface area contributed by atoms with E-state index in [4.69, 9.17) is 5.73 Å². The first-order valence-electron chi connectivity index (χ1n) is 7.50. The van der Waals surface area contributed by atoms with E-state index in [9.17, 15) is 4.79 Å². The maximum Gasteiger partial charge on any atom is 0.255 e. The molecule has 2 aromatic rings. The van der Waals surface area contributed by atoms with E-state index >= 15 is 0 Å². The first-order chi connectivity index (χ1) is 10.5. The summed E-state index contributed by atoms with van der Waals surface area (Å²) in [7, 11) is 0. The van der Waals surface area contributed by atoms with Crippen LogP contribution in [0.15, 0.2) is 48.8 Å². The first-order valence-corrected chi connectivity index (χ1v) is 7.50. The summed E-state index contributed by atoms with van der Waals surface area (Å²) in [5.74, 6) is -0.112. The molecule has 0 aliphatic heterocycles. The van der Waals surface area contributed by atoms with Crippen molar-refractivity contribution in [2.24, 2.45) is 11.1 Å². The van der Waals surface area contributed by atoms with E-state index in [2.05, 4.69) is 24.1 Å². The van der Waals surface area contributed by atoms with Gasteiger partial charge in [0.2, 0.25) is 0 Å². The van der Waals surface area contributed by atoms with Crippen molar-refractivity contribution < 1.29 is 4.79 Å². The van der Waals surface area contributed by atoms with Gasteiger partial charge in [-0.05, 0) is 54.6 Å². The minimum atomic E-state index is -0.112. The number of amides is 1. The number of nitrogens with one attached hydrogen (secondary N) is 1. The highest BCUT2D eigenvalue weighted by Crippen LogP contribution is 2.25. The highest BCUT2D eigenvalue weighted by Gasteiger charge is 2.17. The van der Waals surface area contributed by atoms with Crippen molar-refractivity contribution in [2.75, 3.05) is 11.9 Å². The third-order valence-corrected chi connectivity index (χ3v) is 3.66. The Bertz CT molecular complexity index is 606. The first kappa shape index (κ1) is 16.2. The van der Waals surface area contributed by atoms with Gasteiger partial charge in [-0.2, -0.15) is 0 Å². The van der Waals surface area contributed by atoms with E-state index in [1.807, 2.05) is 24.3 Å². The lowest BCUT2D eigenvalue weighted by Crippen LogP contribution is -2.19. The van der Waals surface area contributed by atoms with E-state index in [1.54, 1.807) is 24.5 Å². The molecular weight excluding hydrogens is 274 g/mol. The molecular formula is C18H23N3O. The molecule has 0 fully saturated rings. The number of hydrogen-bond acceptors (Lipinski definition) is 3. The number of hydrogen-bond donors (Lipinski definition) is 2. The van der Waals surface area contributed by atoms with E-state index in [0.717, 1.165) is 18.5 Å². The topological polar surface area (TPSA) is 68.0 Å². The van der Waals surface area contributed by atoms with E-state index in [-0.39, 0.29) is 11.3 Å². The van der Waals surface area contributed by atoms with Gasteiger partial charge in [-0.25, -0.2) is 0 Å². The lowest BCUT2D eigenvalue weighted by Gasteiger charge is -2.23. The minimum absolute atomic E-state index is 0.112. The Balaban J connectivity index is 2.01. The Kier molecular flexibility index (Phi) is 5.28. The summed E-state index contributed by atoms with van der Waals surface area (Å²) in [5, 5.41) is 2.85. The van der Waals surface area contributed by atoms with Gasteiger partial charge in [0.25, 0.3) is 5.91 Å². The molecule has 1 aromatic heterocycles. The standard InChI is InChI=1S/C18H23N3O/c1-18(2,9-10-19)13-14-3-5-15(6-4-14)17(22)21-16-7-11-20-12-8-16/h3-8,11-12H,9-10,13,19H2,1-2H3,(H,20,21,22). The van der Waals surface area contributed by atoms with Crippen LogP contribution >= 0.6 is 0 Å². The number of carbonyl (C=O) groups excluding carboxylic acids is 1. The van der Waals surface area contributed by atoms with Gasteiger partial charge in [0.05, 0.1) is 0 Å². The number of nitrogens with zero attached hydrogens (tertiary/aromatic N) is 1. The Morgan fingerprint density at radius 1 is 1.14 bits per heavy atom. The van der Waals surface area contributed by atoms with Crippen LogP contribution in [-0.4, -0.2) is 17.4 Å². The molecule has 22 heavy (non-hydrogen) atoms. The van der Waals surface area contributed by atoms with Crippen molar-refractivity contribution in [3.05, 3.63) is 59.9 Å². The van der Waals surface area contributed by atoms with Gasteiger partial charge >= 0.3 is 0 Å². The molecule has 0 atom stereocenters. The molecule has 1 amide bonds. The predicted molar refractivity (Wildman–Crippen MR) is 89.8 cm³/mol. The van der Waals surface area contributed by atoms with Crippen molar-refractivity contribution in [1.29, 1.82) is 0 Å². The Labute approximate surface area is 131 Å². The fraction of sp³-hybridized carbons (Fsp3) is 0.333. The highest BCUT2D eigenvalue weighted by molar-refractivity contribution is 6.04. The number of carbonyl (C=O) groups is 1. The molecule has 0 saturated carbocycles. The fourth-order valence-corrected chi connectivity index (χ4v) is 2.44. The normalized spacial score (nSPS) is 11.2. The van der Waals surface area contributed by atoms with Crippen molar-refractivity contribution in [1.82, 2.24) is 4.98 Å². The van der Waals surface area contributed by atoms with Crippen LogP contribution in [-0.2, 0) is 6.42 Å². The predicted octanol–water partition coefficient (Wildman–Crippen LogP) is 3.25. The molecule has 116 valence electrons. The van der Waals surface area contributed by atoms with Gasteiger partial charge in [-0.1, -0.05) is 26.0 Å². The summed E-state index contributed by atoms with van der Waals surface area (Å²) >= 11 is 0.